The molecule has 5 heteroatoms. The highest BCUT2D eigenvalue weighted by atomic mass is 19.4. The van der Waals surface area contributed by atoms with Crippen LogP contribution in [0.1, 0.15) is 30.9 Å². The average molecular weight is 234 g/mol. The third-order valence-corrected chi connectivity index (χ3v) is 2.14. The second-order valence-electron chi connectivity index (χ2n) is 3.72. The molecule has 0 aliphatic rings. The zero-order valence-electron chi connectivity index (χ0n) is 9.01. The molecule has 0 fully saturated rings. The Morgan fingerprint density at radius 2 is 1.94 bits per heavy atom. The molecule has 2 nitrogen and oxygen atoms in total. The molecule has 0 amide bonds. The maximum absolute atomic E-state index is 12.0. The van der Waals surface area contributed by atoms with Gasteiger partial charge in [0.15, 0.2) is 0 Å². The van der Waals surface area contributed by atoms with Crippen molar-refractivity contribution in [2.75, 3.05) is 0 Å². The molecule has 0 unspecified atom stereocenters. The topological polar surface area (TPSA) is 29.5 Å². The van der Waals surface area contributed by atoms with Crippen LogP contribution in [0.4, 0.5) is 13.2 Å². The number of aliphatic hydroxyl groups is 1. The van der Waals surface area contributed by atoms with Crippen molar-refractivity contribution < 1.29 is 23.0 Å². The summed E-state index contributed by atoms with van der Waals surface area (Å²) in [6, 6.07) is 4.00. The second kappa shape index (κ2) is 4.74. The lowest BCUT2D eigenvalue weighted by atomic mass is 9.97. The first-order valence-electron chi connectivity index (χ1n) is 4.83. The fourth-order valence-electron chi connectivity index (χ4n) is 1.48. The first-order valence-corrected chi connectivity index (χ1v) is 4.83. The fourth-order valence-corrected chi connectivity index (χ4v) is 1.48. The van der Waals surface area contributed by atoms with Crippen molar-refractivity contribution >= 4 is 0 Å². The Hall–Kier alpha value is -1.23. The SMILES string of the molecule is CC(C)c1ccc(OC(F)(F)F)cc1CO. The van der Waals surface area contributed by atoms with E-state index >= 15 is 0 Å². The van der Waals surface area contributed by atoms with Gasteiger partial charge in [0.2, 0.25) is 0 Å². The summed E-state index contributed by atoms with van der Waals surface area (Å²) in [4.78, 5) is 0. The van der Waals surface area contributed by atoms with E-state index in [2.05, 4.69) is 4.74 Å². The summed E-state index contributed by atoms with van der Waals surface area (Å²) in [6.45, 7) is 3.50. The van der Waals surface area contributed by atoms with Gasteiger partial charge < -0.3 is 9.84 Å². The molecular formula is C11H13F3O2. The van der Waals surface area contributed by atoms with Gasteiger partial charge in [-0.15, -0.1) is 13.2 Å². The minimum absolute atomic E-state index is 0.141. The largest absolute Gasteiger partial charge is 0.573 e. The summed E-state index contributed by atoms with van der Waals surface area (Å²) in [7, 11) is 0. The molecule has 16 heavy (non-hydrogen) atoms. The third kappa shape index (κ3) is 3.41. The van der Waals surface area contributed by atoms with Crippen LogP contribution in [0.3, 0.4) is 0 Å². The maximum Gasteiger partial charge on any atom is 0.573 e. The zero-order chi connectivity index (χ0) is 12.3. The Morgan fingerprint density at radius 1 is 1.31 bits per heavy atom. The fraction of sp³-hybridized carbons (Fsp3) is 0.455. The van der Waals surface area contributed by atoms with E-state index in [9.17, 15) is 13.2 Å². The molecule has 0 heterocycles. The molecular weight excluding hydrogens is 221 g/mol. The van der Waals surface area contributed by atoms with Crippen molar-refractivity contribution in [1.29, 1.82) is 0 Å². The summed E-state index contributed by atoms with van der Waals surface area (Å²) >= 11 is 0. The van der Waals surface area contributed by atoms with Gasteiger partial charge in [0.1, 0.15) is 5.75 Å². The smallest absolute Gasteiger partial charge is 0.406 e. The quantitative estimate of drug-likeness (QED) is 0.870. The van der Waals surface area contributed by atoms with Crippen molar-refractivity contribution in [1.82, 2.24) is 0 Å². The normalized spacial score (nSPS) is 11.9. The molecule has 0 aliphatic carbocycles. The molecule has 0 bridgehead atoms. The zero-order valence-corrected chi connectivity index (χ0v) is 9.01. The first-order chi connectivity index (χ1) is 7.33. The van der Waals surface area contributed by atoms with Crippen LogP contribution in [0, 0.1) is 0 Å². The van der Waals surface area contributed by atoms with Crippen LogP contribution in [0.25, 0.3) is 0 Å². The van der Waals surface area contributed by atoms with Gasteiger partial charge in [0, 0.05) is 0 Å². The van der Waals surface area contributed by atoms with Crippen molar-refractivity contribution in [3.63, 3.8) is 0 Å². The highest BCUT2D eigenvalue weighted by Crippen LogP contribution is 2.28. The minimum Gasteiger partial charge on any atom is -0.406 e. The summed E-state index contributed by atoms with van der Waals surface area (Å²) in [5.74, 6) is -0.164. The number of benzene rings is 1. The predicted octanol–water partition coefficient (Wildman–Crippen LogP) is 3.20. The van der Waals surface area contributed by atoms with Crippen LogP contribution in [0.2, 0.25) is 0 Å². The second-order valence-corrected chi connectivity index (χ2v) is 3.72. The number of ether oxygens (including phenoxy) is 1. The maximum atomic E-state index is 12.0. The van der Waals surface area contributed by atoms with Crippen LogP contribution in [-0.2, 0) is 6.61 Å². The van der Waals surface area contributed by atoms with Gasteiger partial charge in [-0.25, -0.2) is 0 Å². The van der Waals surface area contributed by atoms with E-state index in [1.807, 2.05) is 13.8 Å². The van der Waals surface area contributed by atoms with Gasteiger partial charge in [-0.1, -0.05) is 19.9 Å². The number of hydrogen-bond donors (Lipinski definition) is 1. The first kappa shape index (κ1) is 12.8. The number of rotatable bonds is 3. The van der Waals surface area contributed by atoms with Crippen LogP contribution in [0.15, 0.2) is 18.2 Å². The summed E-state index contributed by atoms with van der Waals surface area (Å²) in [6.07, 6.45) is -4.70. The predicted molar refractivity (Wildman–Crippen MR) is 53.1 cm³/mol. The molecule has 0 aliphatic heterocycles. The third-order valence-electron chi connectivity index (χ3n) is 2.14. The lowest BCUT2D eigenvalue weighted by molar-refractivity contribution is -0.274. The van der Waals surface area contributed by atoms with Crippen molar-refractivity contribution in [2.45, 2.75) is 32.7 Å². The number of alkyl halides is 3. The molecule has 1 aromatic rings. The van der Waals surface area contributed by atoms with E-state index in [0.29, 0.717) is 5.56 Å². The van der Waals surface area contributed by atoms with Gasteiger partial charge in [0.05, 0.1) is 6.61 Å². The number of aliphatic hydroxyl groups excluding tert-OH is 1. The Kier molecular flexibility index (Phi) is 3.80. The molecule has 0 atom stereocenters. The van der Waals surface area contributed by atoms with Crippen LogP contribution in [0.5, 0.6) is 5.75 Å². The Morgan fingerprint density at radius 3 is 2.38 bits per heavy atom. The van der Waals surface area contributed by atoms with Gasteiger partial charge >= 0.3 is 6.36 Å². The van der Waals surface area contributed by atoms with Gasteiger partial charge in [0.25, 0.3) is 0 Å². The van der Waals surface area contributed by atoms with E-state index in [-0.39, 0.29) is 18.3 Å². The minimum atomic E-state index is -4.70. The highest BCUT2D eigenvalue weighted by Gasteiger charge is 2.31. The van der Waals surface area contributed by atoms with Gasteiger partial charge in [-0.3, -0.25) is 0 Å². The van der Waals surface area contributed by atoms with Gasteiger partial charge in [-0.05, 0) is 29.2 Å². The van der Waals surface area contributed by atoms with E-state index in [1.165, 1.54) is 18.2 Å². The Labute approximate surface area is 91.7 Å². The number of hydrogen-bond acceptors (Lipinski definition) is 2. The molecule has 90 valence electrons. The standard InChI is InChI=1S/C11H13F3O2/c1-7(2)10-4-3-9(5-8(10)6-15)16-11(12,13)14/h3-5,7,15H,6H2,1-2H3. The highest BCUT2D eigenvalue weighted by molar-refractivity contribution is 5.37. The van der Waals surface area contributed by atoms with Crippen molar-refractivity contribution in [3.8, 4) is 5.75 Å². The summed E-state index contributed by atoms with van der Waals surface area (Å²) in [5, 5.41) is 9.05. The van der Waals surface area contributed by atoms with E-state index in [1.54, 1.807) is 0 Å². The summed E-state index contributed by atoms with van der Waals surface area (Å²) in [5.41, 5.74) is 1.27. The van der Waals surface area contributed by atoms with Crippen LogP contribution >= 0.6 is 0 Å². The molecule has 1 rings (SSSR count). The summed E-state index contributed by atoms with van der Waals surface area (Å²) < 4.78 is 39.6. The lowest BCUT2D eigenvalue weighted by Crippen LogP contribution is -2.17. The molecule has 1 aromatic carbocycles. The Balaban J connectivity index is 3.00. The number of halogens is 3. The van der Waals surface area contributed by atoms with Gasteiger partial charge in [-0.2, -0.15) is 0 Å². The average Bonchev–Trinajstić information content (AvgIpc) is 2.14. The molecule has 0 radical (unpaired) electrons. The van der Waals surface area contributed by atoms with E-state index in [4.69, 9.17) is 5.11 Å². The van der Waals surface area contributed by atoms with E-state index in [0.717, 1.165) is 5.56 Å². The van der Waals surface area contributed by atoms with Crippen molar-refractivity contribution in [2.24, 2.45) is 0 Å². The molecule has 0 saturated heterocycles. The Bertz CT molecular complexity index is 359. The van der Waals surface area contributed by atoms with Crippen LogP contribution < -0.4 is 4.74 Å². The van der Waals surface area contributed by atoms with Crippen LogP contribution in [-0.4, -0.2) is 11.5 Å². The molecule has 0 saturated carbocycles. The lowest BCUT2D eigenvalue weighted by Gasteiger charge is -2.14. The molecule has 1 N–H and O–H groups in total. The monoisotopic (exact) mass is 234 g/mol. The van der Waals surface area contributed by atoms with E-state index < -0.39 is 6.36 Å². The molecule has 0 aromatic heterocycles. The molecule has 0 spiro atoms. The van der Waals surface area contributed by atoms with Crippen molar-refractivity contribution in [3.05, 3.63) is 29.3 Å².